The number of hydrogen-bond acceptors (Lipinski definition) is 2. The lowest BCUT2D eigenvalue weighted by atomic mass is 9.57. The summed E-state index contributed by atoms with van der Waals surface area (Å²) in [6.45, 7) is 6.72. The molecule has 2 rings (SSSR count). The maximum Gasteiger partial charge on any atom is 0.0661 e. The highest BCUT2D eigenvalue weighted by Gasteiger charge is 2.54. The zero-order chi connectivity index (χ0) is 15.0. The molecule has 2 aliphatic carbocycles. The fraction of sp³-hybridized carbons (Fsp3) is 1.00. The maximum atomic E-state index is 6.34. The molecule has 2 saturated carbocycles. The molecule has 124 valence electrons. The van der Waals surface area contributed by atoms with Crippen LogP contribution in [0.2, 0.25) is 0 Å². The van der Waals surface area contributed by atoms with E-state index in [0.717, 1.165) is 12.6 Å². The summed E-state index contributed by atoms with van der Waals surface area (Å²) in [7, 11) is 0. The van der Waals surface area contributed by atoms with Crippen molar-refractivity contribution in [1.82, 2.24) is 5.32 Å². The van der Waals surface area contributed by atoms with E-state index in [9.17, 15) is 0 Å². The van der Waals surface area contributed by atoms with Crippen molar-refractivity contribution in [2.45, 2.75) is 103 Å². The zero-order valence-corrected chi connectivity index (χ0v) is 14.5. The van der Waals surface area contributed by atoms with E-state index in [1.54, 1.807) is 0 Å². The summed E-state index contributed by atoms with van der Waals surface area (Å²) in [4.78, 5) is 0. The minimum atomic E-state index is 0.483. The number of hydrogen-bond donors (Lipinski definition) is 1. The van der Waals surface area contributed by atoms with Gasteiger partial charge < -0.3 is 10.1 Å². The normalized spacial score (nSPS) is 28.3. The lowest BCUT2D eigenvalue weighted by Crippen LogP contribution is -2.63. The first-order valence-electron chi connectivity index (χ1n) is 9.68. The Bertz CT molecular complexity index is 271. The van der Waals surface area contributed by atoms with Crippen LogP contribution >= 0.6 is 0 Å². The third-order valence-electron chi connectivity index (χ3n) is 5.78. The van der Waals surface area contributed by atoms with Crippen LogP contribution in [0.15, 0.2) is 0 Å². The molecule has 2 nitrogen and oxygen atoms in total. The average Bonchev–Trinajstić information content (AvgIpc) is 2.76. The lowest BCUT2D eigenvalue weighted by Gasteiger charge is -2.56. The third-order valence-corrected chi connectivity index (χ3v) is 5.78. The lowest BCUT2D eigenvalue weighted by molar-refractivity contribution is -0.144. The van der Waals surface area contributed by atoms with Crippen molar-refractivity contribution in [2.75, 3.05) is 13.2 Å². The first-order valence-corrected chi connectivity index (χ1v) is 9.68. The van der Waals surface area contributed by atoms with Gasteiger partial charge in [-0.25, -0.2) is 0 Å². The van der Waals surface area contributed by atoms with Gasteiger partial charge in [0, 0.05) is 18.1 Å². The molecule has 2 fully saturated rings. The summed E-state index contributed by atoms with van der Waals surface area (Å²) in [5.41, 5.74) is 0.483. The van der Waals surface area contributed by atoms with E-state index in [2.05, 4.69) is 19.2 Å². The minimum Gasteiger partial charge on any atom is -0.378 e. The fourth-order valence-electron chi connectivity index (χ4n) is 4.40. The molecule has 0 aromatic rings. The number of rotatable bonds is 9. The highest BCUT2D eigenvalue weighted by atomic mass is 16.5. The molecule has 2 unspecified atom stereocenters. The molecular formula is C19H37NO. The van der Waals surface area contributed by atoms with Crippen LogP contribution in [-0.4, -0.2) is 25.3 Å². The molecule has 2 heteroatoms. The Hall–Kier alpha value is -0.0800. The van der Waals surface area contributed by atoms with E-state index in [-0.39, 0.29) is 0 Å². The minimum absolute atomic E-state index is 0.483. The highest BCUT2D eigenvalue weighted by molar-refractivity contribution is 5.08. The van der Waals surface area contributed by atoms with Crippen LogP contribution in [0.4, 0.5) is 0 Å². The van der Waals surface area contributed by atoms with Gasteiger partial charge in [0.15, 0.2) is 0 Å². The number of ether oxygens (including phenoxy) is 1. The SMILES string of the molecule is CCCCCCOC1CC(NCCC)C12CCCCCC2. The van der Waals surface area contributed by atoms with Crippen LogP contribution in [0, 0.1) is 5.41 Å². The Morgan fingerprint density at radius 3 is 2.38 bits per heavy atom. The van der Waals surface area contributed by atoms with E-state index in [1.807, 2.05) is 0 Å². The van der Waals surface area contributed by atoms with Crippen LogP contribution in [0.3, 0.4) is 0 Å². The van der Waals surface area contributed by atoms with Gasteiger partial charge in [-0.05, 0) is 38.6 Å². The van der Waals surface area contributed by atoms with Gasteiger partial charge in [-0.1, -0.05) is 58.8 Å². The fourth-order valence-corrected chi connectivity index (χ4v) is 4.40. The van der Waals surface area contributed by atoms with Crippen LogP contribution in [-0.2, 0) is 4.74 Å². The Morgan fingerprint density at radius 2 is 1.71 bits per heavy atom. The van der Waals surface area contributed by atoms with Crippen molar-refractivity contribution in [3.63, 3.8) is 0 Å². The van der Waals surface area contributed by atoms with Gasteiger partial charge in [0.2, 0.25) is 0 Å². The summed E-state index contributed by atoms with van der Waals surface area (Å²) >= 11 is 0. The van der Waals surface area contributed by atoms with Gasteiger partial charge in [-0.2, -0.15) is 0 Å². The zero-order valence-electron chi connectivity index (χ0n) is 14.5. The monoisotopic (exact) mass is 295 g/mol. The summed E-state index contributed by atoms with van der Waals surface area (Å²) < 4.78 is 6.34. The highest BCUT2D eigenvalue weighted by Crippen LogP contribution is 2.52. The van der Waals surface area contributed by atoms with Crippen LogP contribution in [0.1, 0.15) is 90.9 Å². The average molecular weight is 296 g/mol. The smallest absolute Gasteiger partial charge is 0.0661 e. The molecule has 2 atom stereocenters. The molecule has 21 heavy (non-hydrogen) atoms. The van der Waals surface area contributed by atoms with E-state index in [4.69, 9.17) is 4.74 Å². The second kappa shape index (κ2) is 9.15. The van der Waals surface area contributed by atoms with Crippen molar-refractivity contribution in [1.29, 1.82) is 0 Å². The maximum absolute atomic E-state index is 6.34. The van der Waals surface area contributed by atoms with Crippen molar-refractivity contribution >= 4 is 0 Å². The van der Waals surface area contributed by atoms with Gasteiger partial charge in [0.25, 0.3) is 0 Å². The quantitative estimate of drug-likeness (QED) is 0.600. The molecule has 1 N–H and O–H groups in total. The molecule has 0 aliphatic heterocycles. The second-order valence-electron chi connectivity index (χ2n) is 7.31. The van der Waals surface area contributed by atoms with E-state index >= 15 is 0 Å². The first kappa shape index (κ1) is 17.3. The van der Waals surface area contributed by atoms with Crippen molar-refractivity contribution in [3.05, 3.63) is 0 Å². The van der Waals surface area contributed by atoms with Crippen LogP contribution in [0.25, 0.3) is 0 Å². The van der Waals surface area contributed by atoms with Gasteiger partial charge in [0.1, 0.15) is 0 Å². The Morgan fingerprint density at radius 1 is 0.952 bits per heavy atom. The molecule has 0 heterocycles. The number of nitrogens with one attached hydrogen (secondary N) is 1. The Balaban J connectivity index is 1.82. The second-order valence-corrected chi connectivity index (χ2v) is 7.31. The molecule has 0 amide bonds. The van der Waals surface area contributed by atoms with Gasteiger partial charge >= 0.3 is 0 Å². The molecule has 0 bridgehead atoms. The van der Waals surface area contributed by atoms with Crippen molar-refractivity contribution < 1.29 is 4.74 Å². The Labute approximate surface area is 132 Å². The predicted molar refractivity (Wildman–Crippen MR) is 90.7 cm³/mol. The molecule has 1 spiro atoms. The summed E-state index contributed by atoms with van der Waals surface area (Å²) in [6.07, 6.45) is 16.8. The van der Waals surface area contributed by atoms with Crippen molar-refractivity contribution in [2.24, 2.45) is 5.41 Å². The van der Waals surface area contributed by atoms with E-state index in [1.165, 1.54) is 83.6 Å². The number of unbranched alkanes of at least 4 members (excludes halogenated alkanes) is 3. The molecule has 0 radical (unpaired) electrons. The Kier molecular flexibility index (Phi) is 7.53. The largest absolute Gasteiger partial charge is 0.378 e. The molecule has 0 aromatic carbocycles. The summed E-state index contributed by atoms with van der Waals surface area (Å²) in [5.74, 6) is 0. The molecule has 0 saturated heterocycles. The van der Waals surface area contributed by atoms with Gasteiger partial charge in [-0.3, -0.25) is 0 Å². The summed E-state index contributed by atoms with van der Waals surface area (Å²) in [6, 6.07) is 0.733. The molecule has 0 aromatic heterocycles. The molecular weight excluding hydrogens is 258 g/mol. The van der Waals surface area contributed by atoms with Gasteiger partial charge in [-0.15, -0.1) is 0 Å². The van der Waals surface area contributed by atoms with Crippen LogP contribution < -0.4 is 5.32 Å². The van der Waals surface area contributed by atoms with E-state index in [0.29, 0.717) is 11.5 Å². The predicted octanol–water partition coefficient (Wildman–Crippen LogP) is 5.06. The van der Waals surface area contributed by atoms with Gasteiger partial charge in [0.05, 0.1) is 6.10 Å². The standard InChI is InChI=1S/C19H37NO/c1-3-5-6-11-15-21-18-16-17(20-14-4-2)19(18)12-9-7-8-10-13-19/h17-18,20H,3-16H2,1-2H3. The van der Waals surface area contributed by atoms with E-state index < -0.39 is 0 Å². The topological polar surface area (TPSA) is 21.3 Å². The first-order chi connectivity index (χ1) is 10.3. The van der Waals surface area contributed by atoms with Crippen molar-refractivity contribution in [3.8, 4) is 0 Å². The third kappa shape index (κ3) is 4.45. The summed E-state index contributed by atoms with van der Waals surface area (Å²) in [5, 5.41) is 3.82. The van der Waals surface area contributed by atoms with Crippen LogP contribution in [0.5, 0.6) is 0 Å². The molecule has 2 aliphatic rings.